The lowest BCUT2D eigenvalue weighted by molar-refractivity contribution is 0.0942. The lowest BCUT2D eigenvalue weighted by atomic mass is 10.1. The van der Waals surface area contributed by atoms with Gasteiger partial charge in [-0.3, -0.25) is 4.79 Å². The van der Waals surface area contributed by atoms with Gasteiger partial charge in [0.2, 0.25) is 0 Å². The predicted molar refractivity (Wildman–Crippen MR) is 99.8 cm³/mol. The molecule has 0 saturated carbocycles. The lowest BCUT2D eigenvalue weighted by Gasteiger charge is -2.16. The van der Waals surface area contributed by atoms with E-state index in [1.165, 1.54) is 17.7 Å². The number of thiophene rings is 1. The summed E-state index contributed by atoms with van der Waals surface area (Å²) in [5.41, 5.74) is 7.77. The summed E-state index contributed by atoms with van der Waals surface area (Å²) in [6, 6.07) is 9.22. The third-order valence-electron chi connectivity index (χ3n) is 3.81. The van der Waals surface area contributed by atoms with E-state index in [-0.39, 0.29) is 11.9 Å². The molecule has 3 rings (SSSR count). The van der Waals surface area contributed by atoms with Gasteiger partial charge in [-0.2, -0.15) is 5.10 Å². The van der Waals surface area contributed by atoms with E-state index in [4.69, 9.17) is 17.3 Å². The number of benzene rings is 1. The maximum absolute atomic E-state index is 12.5. The molecule has 2 heterocycles. The number of rotatable bonds is 6. The summed E-state index contributed by atoms with van der Waals surface area (Å²) in [5.74, 6) is 0.592. The van der Waals surface area contributed by atoms with Gasteiger partial charge in [-0.1, -0.05) is 23.7 Å². The van der Waals surface area contributed by atoms with Crippen molar-refractivity contribution in [3.63, 3.8) is 0 Å². The van der Waals surface area contributed by atoms with Gasteiger partial charge in [-0.05, 0) is 30.2 Å². The van der Waals surface area contributed by atoms with E-state index in [9.17, 15) is 4.79 Å². The maximum atomic E-state index is 12.5. The van der Waals surface area contributed by atoms with Crippen LogP contribution in [0.15, 0.2) is 42.0 Å². The van der Waals surface area contributed by atoms with Crippen LogP contribution in [0.25, 0.3) is 11.4 Å². The van der Waals surface area contributed by atoms with E-state index in [0.717, 1.165) is 17.0 Å². The lowest BCUT2D eigenvalue weighted by Crippen LogP contribution is -2.41. The molecule has 0 aliphatic carbocycles. The monoisotopic (exact) mass is 375 g/mol. The molecule has 25 heavy (non-hydrogen) atoms. The number of amides is 1. The van der Waals surface area contributed by atoms with Crippen molar-refractivity contribution in [3.8, 4) is 11.4 Å². The first-order valence-corrected chi connectivity index (χ1v) is 9.01. The number of halogens is 1. The molecular weight excluding hydrogens is 358 g/mol. The molecule has 0 radical (unpaired) electrons. The molecule has 130 valence electrons. The quantitative estimate of drug-likeness (QED) is 0.693. The molecule has 3 N–H and O–H groups in total. The van der Waals surface area contributed by atoms with Gasteiger partial charge in [0.05, 0.1) is 4.88 Å². The number of hydrogen-bond acceptors (Lipinski definition) is 5. The molecule has 1 aromatic carbocycles. The molecule has 1 atom stereocenters. The zero-order valence-corrected chi connectivity index (χ0v) is 15.2. The Morgan fingerprint density at radius 2 is 2.16 bits per heavy atom. The smallest absolute Gasteiger partial charge is 0.261 e. The van der Waals surface area contributed by atoms with Gasteiger partial charge in [0, 0.05) is 35.6 Å². The summed E-state index contributed by atoms with van der Waals surface area (Å²) in [4.78, 5) is 17.3. The second-order valence-electron chi connectivity index (χ2n) is 5.64. The molecule has 0 fully saturated rings. The minimum Gasteiger partial charge on any atom is -0.347 e. The molecule has 8 heteroatoms. The molecule has 0 bridgehead atoms. The first kappa shape index (κ1) is 17.6. The highest BCUT2D eigenvalue weighted by Crippen LogP contribution is 2.23. The van der Waals surface area contributed by atoms with Crippen LogP contribution in [-0.2, 0) is 13.5 Å². The van der Waals surface area contributed by atoms with Crippen molar-refractivity contribution < 1.29 is 4.79 Å². The average molecular weight is 376 g/mol. The normalized spacial score (nSPS) is 12.1. The Balaban J connectivity index is 1.67. The van der Waals surface area contributed by atoms with Crippen LogP contribution in [0.5, 0.6) is 0 Å². The third kappa shape index (κ3) is 4.25. The van der Waals surface area contributed by atoms with Crippen LogP contribution < -0.4 is 11.1 Å². The minimum absolute atomic E-state index is 0.136. The number of aromatic nitrogens is 3. The van der Waals surface area contributed by atoms with Gasteiger partial charge in [0.15, 0.2) is 5.82 Å². The Labute approximate surface area is 154 Å². The molecule has 0 aliphatic rings. The summed E-state index contributed by atoms with van der Waals surface area (Å²) in [6.45, 7) is 0.357. The van der Waals surface area contributed by atoms with Crippen molar-refractivity contribution in [1.82, 2.24) is 20.1 Å². The highest BCUT2D eigenvalue weighted by atomic mass is 35.5. The van der Waals surface area contributed by atoms with Crippen molar-refractivity contribution in [3.05, 3.63) is 57.5 Å². The third-order valence-corrected chi connectivity index (χ3v) is 4.99. The van der Waals surface area contributed by atoms with Crippen molar-refractivity contribution in [2.24, 2.45) is 12.8 Å². The van der Waals surface area contributed by atoms with E-state index in [1.807, 2.05) is 42.8 Å². The Morgan fingerprint density at radius 3 is 2.80 bits per heavy atom. The van der Waals surface area contributed by atoms with E-state index >= 15 is 0 Å². The van der Waals surface area contributed by atoms with Gasteiger partial charge in [0.25, 0.3) is 5.91 Å². The summed E-state index contributed by atoms with van der Waals surface area (Å²) in [5, 5.41) is 9.62. The van der Waals surface area contributed by atoms with Crippen LogP contribution in [0, 0.1) is 0 Å². The van der Waals surface area contributed by atoms with Crippen LogP contribution >= 0.6 is 22.9 Å². The largest absolute Gasteiger partial charge is 0.347 e. The van der Waals surface area contributed by atoms with Gasteiger partial charge >= 0.3 is 0 Å². The maximum Gasteiger partial charge on any atom is 0.261 e. The molecule has 6 nitrogen and oxygen atoms in total. The highest BCUT2D eigenvalue weighted by molar-refractivity contribution is 7.12. The van der Waals surface area contributed by atoms with Crippen LogP contribution in [0.2, 0.25) is 5.02 Å². The number of nitrogens with one attached hydrogen (secondary N) is 1. The number of hydrogen-bond donors (Lipinski definition) is 2. The van der Waals surface area contributed by atoms with E-state index < -0.39 is 0 Å². The number of aryl methyl sites for hydroxylation is 1. The fourth-order valence-corrected chi connectivity index (χ4v) is 3.40. The number of nitrogens with zero attached hydrogens (tertiary/aromatic N) is 3. The van der Waals surface area contributed by atoms with Crippen molar-refractivity contribution in [2.75, 3.05) is 6.54 Å². The first-order chi connectivity index (χ1) is 12.1. The van der Waals surface area contributed by atoms with E-state index in [0.29, 0.717) is 22.9 Å². The van der Waals surface area contributed by atoms with Gasteiger partial charge in [-0.25, -0.2) is 9.67 Å². The fraction of sp³-hybridized carbons (Fsp3) is 0.235. The molecule has 1 amide bonds. The summed E-state index contributed by atoms with van der Waals surface area (Å²) in [6.07, 6.45) is 2.14. The highest BCUT2D eigenvalue weighted by Gasteiger charge is 2.16. The van der Waals surface area contributed by atoms with Gasteiger partial charge in [-0.15, -0.1) is 11.3 Å². The molecular formula is C17H18ClN5OS. The van der Waals surface area contributed by atoms with Crippen molar-refractivity contribution in [1.29, 1.82) is 0 Å². The molecule has 0 aliphatic heterocycles. The van der Waals surface area contributed by atoms with E-state index in [1.54, 1.807) is 4.68 Å². The van der Waals surface area contributed by atoms with Gasteiger partial charge < -0.3 is 11.1 Å². The Bertz CT molecular complexity index is 858. The predicted octanol–water partition coefficient (Wildman–Crippen LogP) is 2.50. The standard InChI is InChI=1S/C17H18ClN5OS/c1-23-16(20-10-21-23)12-7-15(25-9-12)17(24)22-14(8-19)6-11-2-4-13(18)5-3-11/h2-5,7,9-10,14H,6,8,19H2,1H3,(H,22,24). The molecule has 0 saturated heterocycles. The number of carbonyl (C=O) groups excluding carboxylic acids is 1. The van der Waals surface area contributed by atoms with Crippen LogP contribution in [-0.4, -0.2) is 33.3 Å². The summed E-state index contributed by atoms with van der Waals surface area (Å²) < 4.78 is 1.67. The number of carbonyl (C=O) groups is 1. The molecule has 3 aromatic rings. The van der Waals surface area contributed by atoms with Crippen molar-refractivity contribution in [2.45, 2.75) is 12.5 Å². The fourth-order valence-electron chi connectivity index (χ4n) is 2.48. The summed E-state index contributed by atoms with van der Waals surface area (Å²) in [7, 11) is 1.82. The molecule has 2 aromatic heterocycles. The average Bonchev–Trinajstić information content (AvgIpc) is 3.24. The molecule has 0 spiro atoms. The second-order valence-corrected chi connectivity index (χ2v) is 6.99. The Morgan fingerprint density at radius 1 is 1.40 bits per heavy atom. The van der Waals surface area contributed by atoms with Crippen molar-refractivity contribution >= 4 is 28.8 Å². The zero-order valence-electron chi connectivity index (χ0n) is 13.6. The van der Waals surface area contributed by atoms with Crippen LogP contribution in [0.1, 0.15) is 15.2 Å². The SMILES string of the molecule is Cn1ncnc1-c1csc(C(=O)NC(CN)Cc2ccc(Cl)cc2)c1. The molecule has 1 unspecified atom stereocenters. The Hall–Kier alpha value is -2.22. The zero-order chi connectivity index (χ0) is 17.8. The second kappa shape index (κ2) is 7.77. The topological polar surface area (TPSA) is 85.8 Å². The Kier molecular flexibility index (Phi) is 5.47. The number of nitrogens with two attached hydrogens (primary N) is 1. The minimum atomic E-state index is -0.144. The van der Waals surface area contributed by atoms with E-state index in [2.05, 4.69) is 15.4 Å². The van der Waals surface area contributed by atoms with Crippen LogP contribution in [0.3, 0.4) is 0 Å². The summed E-state index contributed by atoms with van der Waals surface area (Å²) >= 11 is 7.27. The van der Waals surface area contributed by atoms with Crippen LogP contribution in [0.4, 0.5) is 0 Å². The van der Waals surface area contributed by atoms with Gasteiger partial charge in [0.1, 0.15) is 6.33 Å². The first-order valence-electron chi connectivity index (χ1n) is 7.75.